The SMILES string of the molecule is CCn1ccnc1CNCC1(C)CC1. The van der Waals surface area contributed by atoms with Crippen LogP contribution in [0.25, 0.3) is 0 Å². The van der Waals surface area contributed by atoms with Gasteiger partial charge in [-0.25, -0.2) is 4.98 Å². The first-order valence-corrected chi connectivity index (χ1v) is 5.44. The van der Waals surface area contributed by atoms with E-state index in [0.717, 1.165) is 25.5 Å². The molecule has 0 saturated heterocycles. The van der Waals surface area contributed by atoms with Gasteiger partial charge in [0.1, 0.15) is 5.82 Å². The lowest BCUT2D eigenvalue weighted by molar-refractivity contribution is 0.486. The van der Waals surface area contributed by atoms with Crippen molar-refractivity contribution in [3.05, 3.63) is 18.2 Å². The number of aromatic nitrogens is 2. The quantitative estimate of drug-likeness (QED) is 0.772. The zero-order valence-corrected chi connectivity index (χ0v) is 9.08. The lowest BCUT2D eigenvalue weighted by atomic mass is 10.1. The largest absolute Gasteiger partial charge is 0.334 e. The standard InChI is InChI=1S/C11H19N3/c1-3-14-7-6-13-10(14)8-12-9-11(2)4-5-11/h6-7,12H,3-5,8-9H2,1-2H3. The minimum atomic E-state index is 0.587. The van der Waals surface area contributed by atoms with Crippen molar-refractivity contribution >= 4 is 0 Å². The lowest BCUT2D eigenvalue weighted by Gasteiger charge is -2.10. The molecule has 0 aliphatic heterocycles. The molecule has 3 nitrogen and oxygen atoms in total. The molecule has 0 bridgehead atoms. The van der Waals surface area contributed by atoms with E-state index in [1.807, 2.05) is 12.4 Å². The molecule has 14 heavy (non-hydrogen) atoms. The van der Waals surface area contributed by atoms with Crippen LogP contribution < -0.4 is 5.32 Å². The molecule has 0 unspecified atom stereocenters. The molecule has 1 fully saturated rings. The molecule has 1 aromatic heterocycles. The van der Waals surface area contributed by atoms with Crippen LogP contribution in [0.15, 0.2) is 12.4 Å². The van der Waals surface area contributed by atoms with Gasteiger partial charge in [-0.3, -0.25) is 0 Å². The molecule has 0 atom stereocenters. The van der Waals surface area contributed by atoms with Crippen molar-refractivity contribution in [3.63, 3.8) is 0 Å². The predicted octanol–water partition coefficient (Wildman–Crippen LogP) is 1.79. The highest BCUT2D eigenvalue weighted by molar-refractivity contribution is 4.94. The average molecular weight is 193 g/mol. The van der Waals surface area contributed by atoms with Crippen molar-refractivity contribution in [3.8, 4) is 0 Å². The van der Waals surface area contributed by atoms with Crippen molar-refractivity contribution in [2.75, 3.05) is 6.54 Å². The Bertz CT molecular complexity index is 299. The number of nitrogens with zero attached hydrogens (tertiary/aromatic N) is 2. The molecule has 1 aromatic rings. The van der Waals surface area contributed by atoms with Crippen LogP contribution >= 0.6 is 0 Å². The van der Waals surface area contributed by atoms with Crippen molar-refractivity contribution in [1.29, 1.82) is 0 Å². The van der Waals surface area contributed by atoms with Gasteiger partial charge in [-0.05, 0) is 25.2 Å². The van der Waals surface area contributed by atoms with Crippen molar-refractivity contribution in [2.24, 2.45) is 5.41 Å². The first-order valence-electron chi connectivity index (χ1n) is 5.44. The molecular formula is C11H19N3. The number of nitrogens with one attached hydrogen (secondary N) is 1. The fourth-order valence-electron chi connectivity index (χ4n) is 1.66. The Labute approximate surface area is 85.5 Å². The molecule has 0 spiro atoms. The molecule has 1 heterocycles. The van der Waals surface area contributed by atoms with Gasteiger partial charge in [0.25, 0.3) is 0 Å². The Morgan fingerprint density at radius 1 is 1.57 bits per heavy atom. The average Bonchev–Trinajstić information content (AvgIpc) is 2.75. The third-order valence-electron chi connectivity index (χ3n) is 3.08. The van der Waals surface area contributed by atoms with Gasteiger partial charge in [0, 0.05) is 25.5 Å². The fourth-order valence-corrected chi connectivity index (χ4v) is 1.66. The molecule has 3 heteroatoms. The highest BCUT2D eigenvalue weighted by Crippen LogP contribution is 2.44. The van der Waals surface area contributed by atoms with Crippen LogP contribution in [0.5, 0.6) is 0 Å². The number of hydrogen-bond donors (Lipinski definition) is 1. The molecular weight excluding hydrogens is 174 g/mol. The summed E-state index contributed by atoms with van der Waals surface area (Å²) in [6, 6.07) is 0. The zero-order valence-electron chi connectivity index (χ0n) is 9.08. The summed E-state index contributed by atoms with van der Waals surface area (Å²) < 4.78 is 2.18. The van der Waals surface area contributed by atoms with Gasteiger partial charge in [-0.2, -0.15) is 0 Å². The number of hydrogen-bond acceptors (Lipinski definition) is 2. The predicted molar refractivity (Wildman–Crippen MR) is 56.9 cm³/mol. The first-order chi connectivity index (χ1) is 6.73. The first kappa shape index (κ1) is 9.71. The Morgan fingerprint density at radius 3 is 3.00 bits per heavy atom. The summed E-state index contributed by atoms with van der Waals surface area (Å²) in [6.45, 7) is 7.52. The van der Waals surface area contributed by atoms with Crippen molar-refractivity contribution in [1.82, 2.24) is 14.9 Å². The van der Waals surface area contributed by atoms with Gasteiger partial charge in [-0.1, -0.05) is 6.92 Å². The van der Waals surface area contributed by atoms with Gasteiger partial charge in [-0.15, -0.1) is 0 Å². The van der Waals surface area contributed by atoms with E-state index in [1.54, 1.807) is 0 Å². The smallest absolute Gasteiger partial charge is 0.122 e. The second-order valence-electron chi connectivity index (χ2n) is 4.54. The molecule has 2 rings (SSSR count). The molecule has 0 amide bonds. The second-order valence-corrected chi connectivity index (χ2v) is 4.54. The maximum atomic E-state index is 4.33. The topological polar surface area (TPSA) is 29.9 Å². The number of imidazole rings is 1. The van der Waals surface area contributed by atoms with Crippen LogP contribution in [0.1, 0.15) is 32.5 Å². The highest BCUT2D eigenvalue weighted by Gasteiger charge is 2.36. The van der Waals surface area contributed by atoms with Crippen LogP contribution in [0.3, 0.4) is 0 Å². The monoisotopic (exact) mass is 193 g/mol. The number of rotatable bonds is 5. The fraction of sp³-hybridized carbons (Fsp3) is 0.727. The summed E-state index contributed by atoms with van der Waals surface area (Å²) in [5.74, 6) is 1.15. The summed E-state index contributed by atoms with van der Waals surface area (Å²) in [5.41, 5.74) is 0.587. The molecule has 1 aliphatic rings. The van der Waals surface area contributed by atoms with Crippen molar-refractivity contribution < 1.29 is 0 Å². The minimum Gasteiger partial charge on any atom is -0.334 e. The van der Waals surface area contributed by atoms with E-state index in [4.69, 9.17) is 0 Å². The minimum absolute atomic E-state index is 0.587. The molecule has 78 valence electrons. The van der Waals surface area contributed by atoms with Gasteiger partial charge in [0.15, 0.2) is 0 Å². The Balaban J connectivity index is 1.79. The van der Waals surface area contributed by atoms with E-state index < -0.39 is 0 Å². The summed E-state index contributed by atoms with van der Waals surface area (Å²) >= 11 is 0. The summed E-state index contributed by atoms with van der Waals surface area (Å²) in [7, 11) is 0. The molecule has 1 saturated carbocycles. The Morgan fingerprint density at radius 2 is 2.36 bits per heavy atom. The molecule has 1 aliphatic carbocycles. The maximum Gasteiger partial charge on any atom is 0.122 e. The normalized spacial score (nSPS) is 18.4. The summed E-state index contributed by atoms with van der Waals surface area (Å²) in [6.07, 6.45) is 6.67. The van der Waals surface area contributed by atoms with Crippen LogP contribution in [-0.4, -0.2) is 16.1 Å². The van der Waals surface area contributed by atoms with E-state index >= 15 is 0 Å². The Kier molecular flexibility index (Phi) is 2.59. The second kappa shape index (κ2) is 3.73. The van der Waals surface area contributed by atoms with Gasteiger partial charge in [0.05, 0.1) is 6.54 Å². The molecule has 0 radical (unpaired) electrons. The molecule has 1 N–H and O–H groups in total. The van der Waals surface area contributed by atoms with E-state index in [2.05, 4.69) is 28.7 Å². The maximum absolute atomic E-state index is 4.33. The lowest BCUT2D eigenvalue weighted by Crippen LogP contribution is -2.23. The van der Waals surface area contributed by atoms with Gasteiger partial charge < -0.3 is 9.88 Å². The zero-order chi connectivity index (χ0) is 10.0. The van der Waals surface area contributed by atoms with E-state index in [1.165, 1.54) is 12.8 Å². The van der Waals surface area contributed by atoms with E-state index in [9.17, 15) is 0 Å². The van der Waals surface area contributed by atoms with Gasteiger partial charge in [0.2, 0.25) is 0 Å². The van der Waals surface area contributed by atoms with E-state index in [-0.39, 0.29) is 0 Å². The summed E-state index contributed by atoms with van der Waals surface area (Å²) in [5, 5.41) is 3.48. The third-order valence-corrected chi connectivity index (χ3v) is 3.08. The van der Waals surface area contributed by atoms with Crippen LogP contribution in [0.2, 0.25) is 0 Å². The van der Waals surface area contributed by atoms with Crippen LogP contribution in [0.4, 0.5) is 0 Å². The van der Waals surface area contributed by atoms with Crippen molar-refractivity contribution in [2.45, 2.75) is 39.8 Å². The Hall–Kier alpha value is -0.830. The third kappa shape index (κ3) is 2.15. The highest BCUT2D eigenvalue weighted by atomic mass is 15.1. The number of aryl methyl sites for hydroxylation is 1. The molecule has 0 aromatic carbocycles. The van der Waals surface area contributed by atoms with Gasteiger partial charge >= 0.3 is 0 Å². The van der Waals surface area contributed by atoms with E-state index in [0.29, 0.717) is 5.41 Å². The van der Waals surface area contributed by atoms with Crippen LogP contribution in [0, 0.1) is 5.41 Å². The summed E-state index contributed by atoms with van der Waals surface area (Å²) in [4.78, 5) is 4.33. The van der Waals surface area contributed by atoms with Crippen LogP contribution in [-0.2, 0) is 13.1 Å².